The first kappa shape index (κ1) is 29.3. The summed E-state index contributed by atoms with van der Waals surface area (Å²) in [5.41, 5.74) is 2.12. The van der Waals surface area contributed by atoms with Gasteiger partial charge in [0, 0.05) is 35.5 Å². The molecule has 5 aromatic rings. The van der Waals surface area contributed by atoms with Crippen molar-refractivity contribution in [3.63, 3.8) is 0 Å². The highest BCUT2D eigenvalue weighted by Gasteiger charge is 2.41. The molecule has 0 radical (unpaired) electrons. The molecule has 0 saturated heterocycles. The summed E-state index contributed by atoms with van der Waals surface area (Å²) < 4.78 is 90.3. The number of alkyl halides is 6. The number of para-hydroxylation sites is 2. The highest BCUT2D eigenvalue weighted by atomic mass is 19.4. The molecule has 1 atom stereocenters. The maximum absolute atomic E-state index is 14.3. The molecule has 4 aromatic carbocycles. The molecule has 1 aliphatic heterocycles. The van der Waals surface area contributed by atoms with Gasteiger partial charge in [0.1, 0.15) is 5.76 Å². The van der Waals surface area contributed by atoms with E-state index in [2.05, 4.69) is 0 Å². The Bertz CT molecular complexity index is 2150. The van der Waals surface area contributed by atoms with Crippen LogP contribution in [0.3, 0.4) is 0 Å². The Hall–Kier alpha value is -5.38. The Kier molecular flexibility index (Phi) is 6.77. The molecule has 2 aliphatic rings. The summed E-state index contributed by atoms with van der Waals surface area (Å²) in [5.74, 6) is -0.855. The van der Waals surface area contributed by atoms with Crippen molar-refractivity contribution in [3.05, 3.63) is 143 Å². The summed E-state index contributed by atoms with van der Waals surface area (Å²) in [6.07, 6.45) is -4.09. The zero-order valence-corrected chi connectivity index (χ0v) is 24.0. The van der Waals surface area contributed by atoms with Gasteiger partial charge in [-0.1, -0.05) is 42.5 Å². The van der Waals surface area contributed by atoms with Gasteiger partial charge < -0.3 is 9.30 Å². The lowest BCUT2D eigenvalue weighted by atomic mass is 9.93. The number of hydrogen-bond donors (Lipinski definition) is 0. The molecule has 1 aromatic heterocycles. The van der Waals surface area contributed by atoms with E-state index < -0.39 is 29.4 Å². The van der Waals surface area contributed by atoms with E-state index in [-0.39, 0.29) is 28.5 Å². The summed E-state index contributed by atoms with van der Waals surface area (Å²) in [6.45, 7) is 0. The average Bonchev–Trinajstić information content (AvgIpc) is 3.71. The minimum Gasteiger partial charge on any atom is -0.496 e. The molecule has 2 heterocycles. The molecule has 0 fully saturated rings. The van der Waals surface area contributed by atoms with Crippen molar-refractivity contribution in [3.8, 4) is 5.69 Å². The minimum absolute atomic E-state index is 0.255. The number of rotatable bonds is 4. The average molecular weight is 630 g/mol. The van der Waals surface area contributed by atoms with E-state index in [0.717, 1.165) is 24.3 Å². The normalized spacial score (nSPS) is 18.2. The summed E-state index contributed by atoms with van der Waals surface area (Å²) in [6, 6.07) is 24.1. The number of carbonyl (C=O) groups excluding carboxylic acids is 1. The molecule has 0 saturated carbocycles. The quantitative estimate of drug-likeness (QED) is 0.113. The number of aromatic nitrogens is 1. The molecule has 0 bridgehead atoms. The van der Waals surface area contributed by atoms with Gasteiger partial charge in [0.25, 0.3) is 0 Å². The molecule has 46 heavy (non-hydrogen) atoms. The van der Waals surface area contributed by atoms with Crippen LogP contribution in [0.4, 0.5) is 37.7 Å². The molecular weight excluding hydrogens is 606 g/mol. The zero-order chi connectivity index (χ0) is 32.4. The van der Waals surface area contributed by atoms with Crippen LogP contribution in [-0.4, -0.2) is 23.7 Å². The Morgan fingerprint density at radius 2 is 1.46 bits per heavy atom. The van der Waals surface area contributed by atoms with Crippen LogP contribution < -0.4 is 4.58 Å². The summed E-state index contributed by atoms with van der Waals surface area (Å²) in [7, 11) is 1.43. The molecule has 7 rings (SSSR count). The largest absolute Gasteiger partial charge is 0.496 e. The number of halogens is 6. The maximum atomic E-state index is 14.3. The fraction of sp³-hybridized carbons (Fsp3) is 0.111. The van der Waals surface area contributed by atoms with Gasteiger partial charge in [-0.3, -0.25) is 4.79 Å². The van der Waals surface area contributed by atoms with Crippen LogP contribution >= 0.6 is 0 Å². The number of nitrogens with zero attached hydrogens (tertiary/aromatic N) is 2. The van der Waals surface area contributed by atoms with Crippen molar-refractivity contribution >= 4 is 39.8 Å². The van der Waals surface area contributed by atoms with Crippen LogP contribution in [0.25, 0.3) is 22.2 Å². The lowest BCUT2D eigenvalue weighted by molar-refractivity contribution is -0.138. The van der Waals surface area contributed by atoms with Crippen molar-refractivity contribution < 1.29 is 35.9 Å². The van der Waals surface area contributed by atoms with E-state index in [1.807, 2.05) is 0 Å². The van der Waals surface area contributed by atoms with Crippen molar-refractivity contribution in [1.82, 2.24) is 9.14 Å². The third-order valence-electron chi connectivity index (χ3n) is 8.28. The fourth-order valence-electron chi connectivity index (χ4n) is 6.18. The Morgan fingerprint density at radius 1 is 0.783 bits per heavy atom. The molecule has 0 amide bonds. The lowest BCUT2D eigenvalue weighted by Gasteiger charge is -2.10. The number of ether oxygens (including phenoxy) is 1. The predicted octanol–water partition coefficient (Wildman–Crippen LogP) is 9.24. The van der Waals surface area contributed by atoms with Gasteiger partial charge in [-0.05, 0) is 48.0 Å². The molecular formula is C36H23F6N2O2+. The summed E-state index contributed by atoms with van der Waals surface area (Å²) in [5, 5.41) is 0.678. The maximum Gasteiger partial charge on any atom is 0.416 e. The molecule has 0 N–H and O–H groups in total. The molecule has 1 aliphatic carbocycles. The molecule has 230 valence electrons. The second-order valence-electron chi connectivity index (χ2n) is 10.9. The number of carbonyl (C=O) groups is 1. The van der Waals surface area contributed by atoms with Crippen LogP contribution in [0.1, 0.15) is 28.2 Å². The van der Waals surface area contributed by atoms with Crippen LogP contribution in [0.15, 0.2) is 121 Å². The van der Waals surface area contributed by atoms with Crippen molar-refractivity contribution in [1.29, 1.82) is 0 Å². The first-order chi connectivity index (χ1) is 22.0. The van der Waals surface area contributed by atoms with E-state index in [1.54, 1.807) is 88.3 Å². The van der Waals surface area contributed by atoms with E-state index in [9.17, 15) is 31.1 Å². The van der Waals surface area contributed by atoms with E-state index in [4.69, 9.17) is 4.74 Å². The Morgan fingerprint density at radius 3 is 2.20 bits per heavy atom. The van der Waals surface area contributed by atoms with Crippen molar-refractivity contribution in [2.45, 2.75) is 18.3 Å². The molecule has 10 heteroatoms. The van der Waals surface area contributed by atoms with Crippen LogP contribution in [0.5, 0.6) is 0 Å². The second-order valence-corrected chi connectivity index (χ2v) is 10.9. The topological polar surface area (TPSA) is 34.2 Å². The number of fused-ring (bicyclic) bond motifs is 2. The highest BCUT2D eigenvalue weighted by molar-refractivity contribution is 6.28. The third kappa shape index (κ3) is 4.81. The van der Waals surface area contributed by atoms with Crippen molar-refractivity contribution in [2.24, 2.45) is 0 Å². The number of benzene rings is 4. The Balaban J connectivity index is 1.37. The number of methoxy groups -OCH3 is 1. The summed E-state index contributed by atoms with van der Waals surface area (Å²) >= 11 is 0. The van der Waals surface area contributed by atoms with Gasteiger partial charge in [-0.2, -0.15) is 30.9 Å². The summed E-state index contributed by atoms with van der Waals surface area (Å²) in [4.78, 5) is 14.3. The highest BCUT2D eigenvalue weighted by Crippen LogP contribution is 2.45. The standard InChI is InChI=1S/C36H23F6N2O2/c1-46-32-18-27(28-19-43(30-14-4-2-12-25(28)30)23-10-6-8-21(16-23)35(37,38)39)34(45)33(32)29-20-44(31-15-5-3-13-26(29)31)24-11-7-9-22(17-24)36(40,41)42/h2-20,27H,1H3/q+1/b33-29+. The molecule has 0 spiro atoms. The first-order valence-electron chi connectivity index (χ1n) is 14.2. The van der Waals surface area contributed by atoms with Gasteiger partial charge in [-0.25, -0.2) is 0 Å². The van der Waals surface area contributed by atoms with Crippen LogP contribution in [0.2, 0.25) is 0 Å². The van der Waals surface area contributed by atoms with Gasteiger partial charge in [0.15, 0.2) is 12.0 Å². The van der Waals surface area contributed by atoms with E-state index in [0.29, 0.717) is 33.3 Å². The molecule has 1 unspecified atom stereocenters. The van der Waals surface area contributed by atoms with Gasteiger partial charge in [0.05, 0.1) is 46.4 Å². The minimum atomic E-state index is -4.54. The van der Waals surface area contributed by atoms with Crippen molar-refractivity contribution in [2.75, 3.05) is 7.11 Å². The SMILES string of the molecule is COC1=CC(c2cn(-c3cccc(C(F)(F)F)c3)c3ccccc23)C(=O)/C1=C1\C=[N+](c2cccc(C(F)(F)F)c2)c2ccccc21. The van der Waals surface area contributed by atoms with E-state index in [1.165, 1.54) is 19.2 Å². The number of ketones is 1. The lowest BCUT2D eigenvalue weighted by Crippen LogP contribution is -2.10. The van der Waals surface area contributed by atoms with Gasteiger partial charge in [-0.15, -0.1) is 0 Å². The van der Waals surface area contributed by atoms with Crippen LogP contribution in [0, 0.1) is 0 Å². The monoisotopic (exact) mass is 629 g/mol. The zero-order valence-electron chi connectivity index (χ0n) is 24.0. The number of hydrogen-bond acceptors (Lipinski definition) is 2. The predicted molar refractivity (Wildman–Crippen MR) is 163 cm³/mol. The number of Topliss-reactive ketones (excluding diaryl/α,β-unsaturated/α-hetero) is 1. The second kappa shape index (κ2) is 10.6. The smallest absolute Gasteiger partial charge is 0.416 e. The van der Waals surface area contributed by atoms with E-state index >= 15 is 0 Å². The van der Waals surface area contributed by atoms with Crippen LogP contribution in [-0.2, 0) is 21.9 Å². The third-order valence-corrected chi connectivity index (χ3v) is 8.28. The first-order valence-corrected chi connectivity index (χ1v) is 14.2. The van der Waals surface area contributed by atoms with Gasteiger partial charge >= 0.3 is 12.4 Å². The Labute approximate surface area is 258 Å². The molecule has 4 nitrogen and oxygen atoms in total. The number of allylic oxidation sites excluding steroid dienone is 3. The van der Waals surface area contributed by atoms with Gasteiger partial charge in [0.2, 0.25) is 11.4 Å². The fourth-order valence-corrected chi connectivity index (χ4v) is 6.18.